The third-order valence-corrected chi connectivity index (χ3v) is 4.98. The molecule has 0 unspecified atom stereocenters. The first kappa shape index (κ1) is 16.4. The molecule has 4 rings (SSSR count). The largest absolute Gasteiger partial charge is 0.378 e. The lowest BCUT2D eigenvalue weighted by atomic mass is 9.87. The first-order chi connectivity index (χ1) is 12.7. The zero-order chi connectivity index (χ0) is 17.9. The van der Waals surface area contributed by atoms with Crippen LogP contribution in [0.3, 0.4) is 0 Å². The highest BCUT2D eigenvalue weighted by atomic mass is 16.2. The van der Waals surface area contributed by atoms with Crippen LogP contribution in [0.5, 0.6) is 0 Å². The van der Waals surface area contributed by atoms with Crippen molar-refractivity contribution in [3.8, 4) is 0 Å². The molecule has 3 nitrogen and oxygen atoms in total. The lowest BCUT2D eigenvalue weighted by Gasteiger charge is -2.41. The number of nitrogens with zero attached hydrogens (tertiary/aromatic N) is 1. The summed E-state index contributed by atoms with van der Waals surface area (Å²) < 4.78 is 0. The van der Waals surface area contributed by atoms with Gasteiger partial charge in [0, 0.05) is 18.3 Å². The zero-order valence-corrected chi connectivity index (χ0v) is 14.8. The molecule has 1 N–H and O–H groups in total. The van der Waals surface area contributed by atoms with Gasteiger partial charge < -0.3 is 10.2 Å². The monoisotopic (exact) mass is 342 g/mol. The van der Waals surface area contributed by atoms with Crippen molar-refractivity contribution < 1.29 is 4.79 Å². The van der Waals surface area contributed by atoms with Crippen LogP contribution in [0.4, 0.5) is 11.4 Å². The van der Waals surface area contributed by atoms with Crippen LogP contribution >= 0.6 is 0 Å². The van der Waals surface area contributed by atoms with Gasteiger partial charge in [0.15, 0.2) is 0 Å². The van der Waals surface area contributed by atoms with Crippen LogP contribution in [0.1, 0.15) is 36.6 Å². The molecule has 0 saturated carbocycles. The normalized spacial score (nSPS) is 18.9. The van der Waals surface area contributed by atoms with Crippen LogP contribution in [0.15, 0.2) is 84.9 Å². The Bertz CT molecular complexity index is 892. The summed E-state index contributed by atoms with van der Waals surface area (Å²) in [7, 11) is 0. The Labute approximate surface area is 154 Å². The van der Waals surface area contributed by atoms with Gasteiger partial charge >= 0.3 is 0 Å². The summed E-state index contributed by atoms with van der Waals surface area (Å²) in [5.74, 6) is 0.0736. The molecule has 3 aromatic carbocycles. The fourth-order valence-electron chi connectivity index (χ4n) is 3.85. The van der Waals surface area contributed by atoms with Crippen molar-refractivity contribution >= 4 is 17.3 Å². The second kappa shape index (κ2) is 7.04. The van der Waals surface area contributed by atoms with Crippen molar-refractivity contribution in [2.75, 3.05) is 10.2 Å². The van der Waals surface area contributed by atoms with Gasteiger partial charge in [0.25, 0.3) is 0 Å². The average Bonchev–Trinajstić information content (AvgIpc) is 2.69. The van der Waals surface area contributed by atoms with Crippen molar-refractivity contribution in [2.24, 2.45) is 0 Å². The van der Waals surface area contributed by atoms with E-state index in [1.54, 1.807) is 6.92 Å². The van der Waals surface area contributed by atoms with E-state index < -0.39 is 0 Å². The number of amides is 1. The standard InChI is InChI=1S/C23H22N2O/c1-17(26)25-22-15-9-8-14-20(22)21(24-19-12-6-3-7-13-19)16-23(25)18-10-4-2-5-11-18/h2-15,21,23-24H,16H2,1H3/t21-,23-/m1/s1. The summed E-state index contributed by atoms with van der Waals surface area (Å²) in [6.07, 6.45) is 0.829. The molecule has 0 bridgehead atoms. The Hall–Kier alpha value is -3.07. The van der Waals surface area contributed by atoms with Gasteiger partial charge in [-0.1, -0.05) is 66.7 Å². The van der Waals surface area contributed by atoms with Crippen LogP contribution in [-0.2, 0) is 4.79 Å². The number of hydrogen-bond acceptors (Lipinski definition) is 2. The maximum absolute atomic E-state index is 12.5. The van der Waals surface area contributed by atoms with E-state index in [0.717, 1.165) is 23.4 Å². The molecule has 0 aromatic heterocycles. The summed E-state index contributed by atoms with van der Waals surface area (Å²) in [6.45, 7) is 1.65. The molecule has 130 valence electrons. The van der Waals surface area contributed by atoms with Gasteiger partial charge in [-0.15, -0.1) is 0 Å². The maximum Gasteiger partial charge on any atom is 0.224 e. The summed E-state index contributed by atoms with van der Waals surface area (Å²) in [6, 6.07) is 28.9. The third kappa shape index (κ3) is 3.08. The summed E-state index contributed by atoms with van der Waals surface area (Å²) in [5, 5.41) is 3.66. The van der Waals surface area contributed by atoms with Crippen LogP contribution in [0.2, 0.25) is 0 Å². The second-order valence-electron chi connectivity index (χ2n) is 6.67. The number of carbonyl (C=O) groups is 1. The molecule has 1 aliphatic heterocycles. The van der Waals surface area contributed by atoms with E-state index >= 15 is 0 Å². The second-order valence-corrected chi connectivity index (χ2v) is 6.67. The molecule has 1 aliphatic rings. The minimum absolute atomic E-state index is 0.0183. The lowest BCUT2D eigenvalue weighted by molar-refractivity contribution is -0.117. The van der Waals surface area contributed by atoms with E-state index in [0.29, 0.717) is 0 Å². The predicted octanol–water partition coefficient (Wildman–Crippen LogP) is 5.34. The highest BCUT2D eigenvalue weighted by Crippen LogP contribution is 2.44. The van der Waals surface area contributed by atoms with E-state index in [-0.39, 0.29) is 18.0 Å². The molecule has 0 saturated heterocycles. The van der Waals surface area contributed by atoms with Gasteiger partial charge in [0.1, 0.15) is 0 Å². The van der Waals surface area contributed by atoms with Gasteiger partial charge in [-0.2, -0.15) is 0 Å². The maximum atomic E-state index is 12.5. The highest BCUT2D eigenvalue weighted by molar-refractivity contribution is 5.94. The van der Waals surface area contributed by atoms with Gasteiger partial charge in [-0.05, 0) is 35.7 Å². The summed E-state index contributed by atoms with van der Waals surface area (Å²) in [4.78, 5) is 14.5. The lowest BCUT2D eigenvalue weighted by Crippen LogP contribution is -2.39. The number of fused-ring (bicyclic) bond motifs is 1. The predicted molar refractivity (Wildman–Crippen MR) is 106 cm³/mol. The van der Waals surface area contributed by atoms with Gasteiger partial charge in [-0.25, -0.2) is 0 Å². The van der Waals surface area contributed by atoms with Crippen LogP contribution in [-0.4, -0.2) is 5.91 Å². The van der Waals surface area contributed by atoms with Crippen molar-refractivity contribution in [1.82, 2.24) is 0 Å². The molecule has 3 heteroatoms. The highest BCUT2D eigenvalue weighted by Gasteiger charge is 2.35. The molecule has 0 fully saturated rings. The van der Waals surface area contributed by atoms with Crippen LogP contribution < -0.4 is 10.2 Å². The molecule has 0 spiro atoms. The van der Waals surface area contributed by atoms with Crippen molar-refractivity contribution in [2.45, 2.75) is 25.4 Å². The van der Waals surface area contributed by atoms with Crippen molar-refractivity contribution in [3.63, 3.8) is 0 Å². The number of hydrogen-bond donors (Lipinski definition) is 1. The quantitative estimate of drug-likeness (QED) is 0.697. The number of benzene rings is 3. The Morgan fingerprint density at radius 3 is 2.19 bits per heavy atom. The van der Waals surface area contributed by atoms with E-state index in [9.17, 15) is 4.79 Å². The average molecular weight is 342 g/mol. The molecule has 26 heavy (non-hydrogen) atoms. The number of para-hydroxylation sites is 2. The summed E-state index contributed by atoms with van der Waals surface area (Å²) >= 11 is 0. The smallest absolute Gasteiger partial charge is 0.224 e. The Morgan fingerprint density at radius 2 is 1.50 bits per heavy atom. The first-order valence-electron chi connectivity index (χ1n) is 8.99. The summed E-state index contributed by atoms with van der Waals surface area (Å²) in [5.41, 5.74) is 4.42. The minimum Gasteiger partial charge on any atom is -0.378 e. The third-order valence-electron chi connectivity index (χ3n) is 4.98. The van der Waals surface area contributed by atoms with Crippen LogP contribution in [0.25, 0.3) is 0 Å². The van der Waals surface area contributed by atoms with Crippen LogP contribution in [0, 0.1) is 0 Å². The molecule has 0 aliphatic carbocycles. The fourth-order valence-corrected chi connectivity index (χ4v) is 3.85. The molecular weight excluding hydrogens is 320 g/mol. The molecule has 1 amide bonds. The Morgan fingerprint density at radius 1 is 0.885 bits per heavy atom. The minimum atomic E-state index is 0.0183. The molecule has 0 radical (unpaired) electrons. The Balaban J connectivity index is 1.78. The fraction of sp³-hybridized carbons (Fsp3) is 0.174. The van der Waals surface area contributed by atoms with Crippen molar-refractivity contribution in [3.05, 3.63) is 96.1 Å². The number of anilines is 2. The molecule has 2 atom stereocenters. The van der Waals surface area contributed by atoms with E-state index in [2.05, 4.69) is 35.6 Å². The number of nitrogens with one attached hydrogen (secondary N) is 1. The van der Waals surface area contributed by atoms with E-state index in [4.69, 9.17) is 0 Å². The van der Waals surface area contributed by atoms with E-state index in [1.165, 1.54) is 5.56 Å². The molecule has 3 aromatic rings. The topological polar surface area (TPSA) is 32.3 Å². The zero-order valence-electron chi connectivity index (χ0n) is 14.8. The van der Waals surface area contributed by atoms with Gasteiger partial charge in [-0.3, -0.25) is 4.79 Å². The molecule has 1 heterocycles. The van der Waals surface area contributed by atoms with E-state index in [1.807, 2.05) is 59.5 Å². The molecular formula is C23H22N2O. The Kier molecular flexibility index (Phi) is 4.44. The van der Waals surface area contributed by atoms with Gasteiger partial charge in [0.05, 0.1) is 12.1 Å². The number of rotatable bonds is 3. The number of carbonyl (C=O) groups excluding carboxylic acids is 1. The SMILES string of the molecule is CC(=O)N1c2ccccc2[C@H](Nc2ccccc2)C[C@@H]1c1ccccc1. The first-order valence-corrected chi connectivity index (χ1v) is 8.99. The van der Waals surface area contributed by atoms with Gasteiger partial charge in [0.2, 0.25) is 5.91 Å². The van der Waals surface area contributed by atoms with Crippen molar-refractivity contribution in [1.29, 1.82) is 0 Å².